The monoisotopic (exact) mass is 373 g/mol. The Morgan fingerprint density at radius 2 is 1.84 bits per heavy atom. The zero-order chi connectivity index (χ0) is 18.4. The number of rotatable bonds is 6. The average molecular weight is 373 g/mol. The first-order valence-electron chi connectivity index (χ1n) is 7.11. The standard InChI is InChI=1S/C15H14F3N3O3S/c16-15(17,18)10-3-1-9(2-4-10)13-21-11(8-25-13)7-20-14(24)19-6-5-12(22)23/h1-4,8H,5-7H2,(H,22,23)(H2,19,20,24). The molecule has 0 radical (unpaired) electrons. The zero-order valence-corrected chi connectivity index (χ0v) is 13.6. The summed E-state index contributed by atoms with van der Waals surface area (Å²) in [4.78, 5) is 26.0. The first-order chi connectivity index (χ1) is 11.8. The number of nitrogens with zero attached hydrogens (tertiary/aromatic N) is 1. The average Bonchev–Trinajstić information content (AvgIpc) is 3.01. The zero-order valence-electron chi connectivity index (χ0n) is 12.8. The molecule has 0 aliphatic heterocycles. The van der Waals surface area contributed by atoms with Crippen molar-refractivity contribution >= 4 is 23.3 Å². The molecular weight excluding hydrogens is 359 g/mol. The minimum absolute atomic E-state index is 0.00896. The summed E-state index contributed by atoms with van der Waals surface area (Å²) in [5.74, 6) is -1.01. The van der Waals surface area contributed by atoms with Gasteiger partial charge in [-0.3, -0.25) is 4.79 Å². The number of amides is 2. The number of nitrogens with one attached hydrogen (secondary N) is 2. The van der Waals surface area contributed by atoms with E-state index in [4.69, 9.17) is 5.11 Å². The molecule has 0 aliphatic rings. The molecule has 10 heteroatoms. The van der Waals surface area contributed by atoms with E-state index in [1.165, 1.54) is 23.5 Å². The van der Waals surface area contributed by atoms with Crippen molar-refractivity contribution in [1.29, 1.82) is 0 Å². The molecule has 0 saturated carbocycles. The van der Waals surface area contributed by atoms with E-state index >= 15 is 0 Å². The number of aliphatic carboxylic acids is 1. The summed E-state index contributed by atoms with van der Waals surface area (Å²) in [6.07, 6.45) is -4.56. The number of hydrogen-bond acceptors (Lipinski definition) is 4. The maximum absolute atomic E-state index is 12.5. The molecule has 1 aromatic carbocycles. The van der Waals surface area contributed by atoms with Crippen LogP contribution in [0.2, 0.25) is 0 Å². The van der Waals surface area contributed by atoms with Crippen LogP contribution in [-0.2, 0) is 17.5 Å². The highest BCUT2D eigenvalue weighted by Crippen LogP contribution is 2.31. The van der Waals surface area contributed by atoms with E-state index in [1.54, 1.807) is 5.38 Å². The Morgan fingerprint density at radius 1 is 1.16 bits per heavy atom. The number of carboxylic acids is 1. The quantitative estimate of drug-likeness (QED) is 0.726. The number of thiazole rings is 1. The van der Waals surface area contributed by atoms with Crippen molar-refractivity contribution in [2.24, 2.45) is 0 Å². The van der Waals surface area contributed by atoms with Crippen molar-refractivity contribution < 1.29 is 27.9 Å². The normalized spacial score (nSPS) is 11.2. The lowest BCUT2D eigenvalue weighted by atomic mass is 10.1. The maximum Gasteiger partial charge on any atom is 0.416 e. The van der Waals surface area contributed by atoms with Gasteiger partial charge in [0.2, 0.25) is 0 Å². The highest BCUT2D eigenvalue weighted by atomic mass is 32.1. The smallest absolute Gasteiger partial charge is 0.416 e. The van der Waals surface area contributed by atoms with Crippen LogP contribution in [0.1, 0.15) is 17.7 Å². The minimum Gasteiger partial charge on any atom is -0.481 e. The molecule has 2 rings (SSSR count). The fourth-order valence-electron chi connectivity index (χ4n) is 1.84. The van der Waals surface area contributed by atoms with Gasteiger partial charge in [-0.25, -0.2) is 9.78 Å². The molecule has 0 bridgehead atoms. The lowest BCUT2D eigenvalue weighted by molar-refractivity contribution is -0.138. The molecule has 0 fully saturated rings. The highest BCUT2D eigenvalue weighted by Gasteiger charge is 2.30. The van der Waals surface area contributed by atoms with Gasteiger partial charge in [0.1, 0.15) is 5.01 Å². The first kappa shape index (κ1) is 18.7. The van der Waals surface area contributed by atoms with Crippen LogP contribution in [0.15, 0.2) is 29.6 Å². The van der Waals surface area contributed by atoms with Crippen molar-refractivity contribution in [3.8, 4) is 10.6 Å². The third-order valence-electron chi connectivity index (χ3n) is 3.07. The predicted molar refractivity (Wildman–Crippen MR) is 85.0 cm³/mol. The van der Waals surface area contributed by atoms with E-state index in [0.717, 1.165) is 12.1 Å². The molecule has 25 heavy (non-hydrogen) atoms. The van der Waals surface area contributed by atoms with Crippen molar-refractivity contribution in [2.45, 2.75) is 19.1 Å². The van der Waals surface area contributed by atoms with Crippen LogP contribution >= 0.6 is 11.3 Å². The Labute approximate surface area is 144 Å². The summed E-state index contributed by atoms with van der Waals surface area (Å²) in [5.41, 5.74) is 0.371. The van der Waals surface area contributed by atoms with E-state index in [9.17, 15) is 22.8 Å². The lowest BCUT2D eigenvalue weighted by Gasteiger charge is -2.06. The maximum atomic E-state index is 12.5. The third-order valence-corrected chi connectivity index (χ3v) is 4.01. The summed E-state index contributed by atoms with van der Waals surface area (Å²) in [7, 11) is 0. The largest absolute Gasteiger partial charge is 0.481 e. The second-order valence-corrected chi connectivity index (χ2v) is 5.83. The van der Waals surface area contributed by atoms with Crippen LogP contribution in [0.25, 0.3) is 10.6 Å². The number of carbonyl (C=O) groups is 2. The minimum atomic E-state index is -4.38. The van der Waals surface area contributed by atoms with Crippen molar-refractivity contribution in [1.82, 2.24) is 15.6 Å². The Kier molecular flexibility index (Phi) is 5.97. The molecule has 2 aromatic rings. The molecule has 0 unspecified atom stereocenters. The van der Waals surface area contributed by atoms with Gasteiger partial charge >= 0.3 is 18.2 Å². The number of hydrogen-bond donors (Lipinski definition) is 3. The van der Waals surface area contributed by atoms with Gasteiger partial charge in [-0.05, 0) is 12.1 Å². The number of urea groups is 1. The van der Waals surface area contributed by atoms with Gasteiger partial charge in [0.05, 0.1) is 24.2 Å². The van der Waals surface area contributed by atoms with E-state index in [2.05, 4.69) is 15.6 Å². The molecule has 0 atom stereocenters. The second-order valence-electron chi connectivity index (χ2n) is 4.97. The van der Waals surface area contributed by atoms with Crippen LogP contribution in [-0.4, -0.2) is 28.6 Å². The van der Waals surface area contributed by atoms with Gasteiger partial charge in [-0.2, -0.15) is 13.2 Å². The Hall–Kier alpha value is -2.62. The fourth-order valence-corrected chi connectivity index (χ4v) is 2.66. The van der Waals surface area contributed by atoms with Gasteiger partial charge < -0.3 is 15.7 Å². The van der Waals surface area contributed by atoms with Crippen molar-refractivity contribution in [2.75, 3.05) is 6.54 Å². The molecule has 0 spiro atoms. The molecule has 6 nitrogen and oxygen atoms in total. The van der Waals surface area contributed by atoms with Gasteiger partial charge in [0, 0.05) is 17.5 Å². The van der Waals surface area contributed by atoms with Gasteiger partial charge in [-0.15, -0.1) is 11.3 Å². The topological polar surface area (TPSA) is 91.3 Å². The van der Waals surface area contributed by atoms with Crippen LogP contribution in [0.3, 0.4) is 0 Å². The number of halogens is 3. The molecule has 134 valence electrons. The molecule has 1 heterocycles. The van der Waals surface area contributed by atoms with Crippen LogP contribution in [0, 0.1) is 0 Å². The number of aromatic nitrogens is 1. The summed E-state index contributed by atoms with van der Waals surface area (Å²) in [6, 6.07) is 4.15. The van der Waals surface area contributed by atoms with Crippen LogP contribution < -0.4 is 10.6 Å². The van der Waals surface area contributed by atoms with Gasteiger partial charge in [0.15, 0.2) is 0 Å². The predicted octanol–water partition coefficient (Wildman–Crippen LogP) is 3.10. The highest BCUT2D eigenvalue weighted by molar-refractivity contribution is 7.13. The van der Waals surface area contributed by atoms with Gasteiger partial charge in [0.25, 0.3) is 0 Å². The summed E-state index contributed by atoms with van der Waals surface area (Å²) >= 11 is 1.25. The number of carboxylic acid groups (broad SMARTS) is 1. The summed E-state index contributed by atoms with van der Waals surface area (Å²) in [6.45, 7) is 0.130. The molecule has 0 aliphatic carbocycles. The molecule has 3 N–H and O–H groups in total. The fraction of sp³-hybridized carbons (Fsp3) is 0.267. The third kappa shape index (κ3) is 5.75. The van der Waals surface area contributed by atoms with E-state index in [1.807, 2.05) is 0 Å². The van der Waals surface area contributed by atoms with E-state index < -0.39 is 23.7 Å². The molecular formula is C15H14F3N3O3S. The Morgan fingerprint density at radius 3 is 2.44 bits per heavy atom. The summed E-state index contributed by atoms with van der Waals surface area (Å²) in [5, 5.41) is 15.6. The van der Waals surface area contributed by atoms with Crippen molar-refractivity contribution in [3.05, 3.63) is 40.9 Å². The molecule has 1 aromatic heterocycles. The first-order valence-corrected chi connectivity index (χ1v) is 7.99. The summed E-state index contributed by atoms with van der Waals surface area (Å²) < 4.78 is 37.6. The van der Waals surface area contributed by atoms with Crippen molar-refractivity contribution in [3.63, 3.8) is 0 Å². The number of carbonyl (C=O) groups excluding carboxylic acids is 1. The molecule has 2 amide bonds. The van der Waals surface area contributed by atoms with Crippen LogP contribution in [0.4, 0.5) is 18.0 Å². The SMILES string of the molecule is O=C(O)CCNC(=O)NCc1csc(-c2ccc(C(F)(F)F)cc2)n1. The molecule has 0 saturated heterocycles. The lowest BCUT2D eigenvalue weighted by Crippen LogP contribution is -2.36. The van der Waals surface area contributed by atoms with Gasteiger partial charge in [-0.1, -0.05) is 12.1 Å². The Bertz CT molecular complexity index is 744. The second kappa shape index (κ2) is 7.97. The van der Waals surface area contributed by atoms with Crippen LogP contribution in [0.5, 0.6) is 0 Å². The Balaban J connectivity index is 1.89. The number of benzene rings is 1. The van der Waals surface area contributed by atoms with E-state index in [0.29, 0.717) is 16.3 Å². The number of alkyl halides is 3. The van der Waals surface area contributed by atoms with E-state index in [-0.39, 0.29) is 19.5 Å².